The fourth-order valence-electron chi connectivity index (χ4n) is 1.80. The van der Waals surface area contributed by atoms with E-state index in [4.69, 9.17) is 14.3 Å². The Morgan fingerprint density at radius 3 is 3.05 bits per heavy atom. The number of benzene rings is 1. The molecule has 0 radical (unpaired) electrons. The van der Waals surface area contributed by atoms with Crippen molar-refractivity contribution in [1.82, 2.24) is 4.98 Å². The number of nitrogens with zero attached hydrogens (tertiary/aromatic N) is 2. The van der Waals surface area contributed by atoms with Gasteiger partial charge < -0.3 is 19.2 Å². The highest BCUT2D eigenvalue weighted by Crippen LogP contribution is 2.23. The van der Waals surface area contributed by atoms with E-state index in [1.807, 2.05) is 4.90 Å². The van der Waals surface area contributed by atoms with E-state index in [0.29, 0.717) is 36.8 Å². The van der Waals surface area contributed by atoms with Gasteiger partial charge in [-0.1, -0.05) is 6.08 Å². The average Bonchev–Trinajstić information content (AvgIpc) is 2.85. The second-order valence-corrected chi connectivity index (χ2v) is 4.21. The van der Waals surface area contributed by atoms with Gasteiger partial charge in [-0.3, -0.25) is 0 Å². The Hall–Kier alpha value is -2.34. The van der Waals surface area contributed by atoms with Crippen LogP contribution in [-0.2, 0) is 4.74 Å². The molecule has 1 aromatic heterocycles. The van der Waals surface area contributed by atoms with Crippen molar-refractivity contribution in [3.05, 3.63) is 36.4 Å². The molecule has 0 saturated carbocycles. The second-order valence-electron chi connectivity index (χ2n) is 4.21. The molecular formula is C14H16N2O4. The summed E-state index contributed by atoms with van der Waals surface area (Å²) in [5.74, 6) is -0.993. The lowest BCUT2D eigenvalue weighted by atomic mass is 10.2. The fraction of sp³-hybridized carbons (Fsp3) is 0.286. The number of rotatable bonds is 7. The van der Waals surface area contributed by atoms with Gasteiger partial charge in [-0.15, -0.1) is 6.58 Å². The number of anilines is 1. The molecule has 0 aliphatic carbocycles. The standard InChI is InChI=1S/C14H16N2O4/c1-3-6-16(7-8-19-2)14-15-11-5-4-10(13(17)18)9-12(11)20-14/h3-5,9H,1,6-8H2,2H3,(H,17,18). The third kappa shape index (κ3) is 2.97. The molecule has 106 valence electrons. The molecule has 0 amide bonds. The molecule has 0 aliphatic heterocycles. The number of ether oxygens (including phenoxy) is 1. The highest BCUT2D eigenvalue weighted by Gasteiger charge is 2.14. The first-order chi connectivity index (χ1) is 9.65. The molecule has 6 heteroatoms. The minimum Gasteiger partial charge on any atom is -0.478 e. The first-order valence-electron chi connectivity index (χ1n) is 6.14. The van der Waals surface area contributed by atoms with Gasteiger partial charge in [0, 0.05) is 20.2 Å². The topological polar surface area (TPSA) is 75.8 Å². The van der Waals surface area contributed by atoms with Crippen LogP contribution in [0.3, 0.4) is 0 Å². The molecular weight excluding hydrogens is 260 g/mol. The van der Waals surface area contributed by atoms with Gasteiger partial charge in [0.1, 0.15) is 5.52 Å². The molecule has 0 fully saturated rings. The maximum Gasteiger partial charge on any atom is 0.335 e. The number of carbonyl (C=O) groups is 1. The third-order valence-electron chi connectivity index (χ3n) is 2.81. The maximum atomic E-state index is 10.9. The largest absolute Gasteiger partial charge is 0.478 e. The van der Waals surface area contributed by atoms with Crippen molar-refractivity contribution < 1.29 is 19.1 Å². The summed E-state index contributed by atoms with van der Waals surface area (Å²) in [6.07, 6.45) is 1.74. The molecule has 0 bridgehead atoms. The first-order valence-corrected chi connectivity index (χ1v) is 6.14. The van der Waals surface area contributed by atoms with E-state index in [0.717, 1.165) is 0 Å². The molecule has 0 saturated heterocycles. The lowest BCUT2D eigenvalue weighted by Gasteiger charge is -2.17. The van der Waals surface area contributed by atoms with Gasteiger partial charge in [-0.25, -0.2) is 4.79 Å². The SMILES string of the molecule is C=CCN(CCOC)c1nc2ccc(C(=O)O)cc2o1. The molecule has 1 aromatic carbocycles. The van der Waals surface area contributed by atoms with Gasteiger partial charge in [0.05, 0.1) is 12.2 Å². The molecule has 0 atom stereocenters. The van der Waals surface area contributed by atoms with Gasteiger partial charge in [-0.2, -0.15) is 4.98 Å². The predicted molar refractivity (Wildman–Crippen MR) is 75.3 cm³/mol. The van der Waals surface area contributed by atoms with E-state index in [9.17, 15) is 4.79 Å². The minimum absolute atomic E-state index is 0.173. The predicted octanol–water partition coefficient (Wildman–Crippen LogP) is 2.16. The van der Waals surface area contributed by atoms with Gasteiger partial charge in [0.2, 0.25) is 0 Å². The molecule has 6 nitrogen and oxygen atoms in total. The highest BCUT2D eigenvalue weighted by atomic mass is 16.5. The summed E-state index contributed by atoms with van der Waals surface area (Å²) in [5, 5.41) is 8.96. The number of fused-ring (bicyclic) bond motifs is 1. The van der Waals surface area contributed by atoms with Crippen LogP contribution in [-0.4, -0.2) is 42.9 Å². The number of methoxy groups -OCH3 is 1. The zero-order chi connectivity index (χ0) is 14.5. The summed E-state index contributed by atoms with van der Waals surface area (Å²) in [5.41, 5.74) is 1.25. The number of aromatic carboxylic acids is 1. The first kappa shape index (κ1) is 14.1. The third-order valence-corrected chi connectivity index (χ3v) is 2.81. The van der Waals surface area contributed by atoms with Crippen molar-refractivity contribution >= 4 is 23.1 Å². The molecule has 2 rings (SSSR count). The minimum atomic E-state index is -0.993. The van der Waals surface area contributed by atoms with E-state index in [2.05, 4.69) is 11.6 Å². The normalized spacial score (nSPS) is 10.7. The van der Waals surface area contributed by atoms with Crippen molar-refractivity contribution in [3.63, 3.8) is 0 Å². The van der Waals surface area contributed by atoms with Crippen molar-refractivity contribution in [2.45, 2.75) is 0 Å². The van der Waals surface area contributed by atoms with Crippen molar-refractivity contribution in [3.8, 4) is 0 Å². The summed E-state index contributed by atoms with van der Waals surface area (Å²) in [7, 11) is 1.62. The number of hydrogen-bond acceptors (Lipinski definition) is 5. The number of hydrogen-bond donors (Lipinski definition) is 1. The van der Waals surface area contributed by atoms with Crippen LogP contribution < -0.4 is 4.90 Å². The molecule has 1 heterocycles. The van der Waals surface area contributed by atoms with Crippen LogP contribution in [0.15, 0.2) is 35.3 Å². The summed E-state index contributed by atoms with van der Waals surface area (Å²) in [6.45, 7) is 5.41. The van der Waals surface area contributed by atoms with Gasteiger partial charge in [-0.05, 0) is 18.2 Å². The van der Waals surface area contributed by atoms with Crippen LogP contribution in [0.5, 0.6) is 0 Å². The number of aromatic nitrogens is 1. The molecule has 2 aromatic rings. The Labute approximate surface area is 116 Å². The van der Waals surface area contributed by atoms with Crippen LogP contribution in [0, 0.1) is 0 Å². The Bertz CT molecular complexity index is 621. The lowest BCUT2D eigenvalue weighted by molar-refractivity contribution is 0.0697. The fourth-order valence-corrected chi connectivity index (χ4v) is 1.80. The van der Waals surface area contributed by atoms with Crippen LogP contribution in [0.2, 0.25) is 0 Å². The second kappa shape index (κ2) is 6.21. The Morgan fingerprint density at radius 1 is 1.60 bits per heavy atom. The van der Waals surface area contributed by atoms with E-state index in [1.54, 1.807) is 19.3 Å². The zero-order valence-corrected chi connectivity index (χ0v) is 11.2. The van der Waals surface area contributed by atoms with Gasteiger partial charge in [0.25, 0.3) is 6.01 Å². The average molecular weight is 276 g/mol. The highest BCUT2D eigenvalue weighted by molar-refractivity contribution is 5.92. The van der Waals surface area contributed by atoms with Crippen molar-refractivity contribution in [1.29, 1.82) is 0 Å². The van der Waals surface area contributed by atoms with Crippen LogP contribution >= 0.6 is 0 Å². The summed E-state index contributed by atoms with van der Waals surface area (Å²) in [4.78, 5) is 17.1. The number of carboxylic acid groups (broad SMARTS) is 1. The molecule has 1 N–H and O–H groups in total. The smallest absolute Gasteiger partial charge is 0.335 e. The summed E-state index contributed by atoms with van der Waals surface area (Å²) in [6, 6.07) is 5.04. The van der Waals surface area contributed by atoms with Crippen molar-refractivity contribution in [2.24, 2.45) is 0 Å². The monoisotopic (exact) mass is 276 g/mol. The van der Waals surface area contributed by atoms with Crippen molar-refractivity contribution in [2.75, 3.05) is 31.7 Å². The number of oxazole rings is 1. The van der Waals surface area contributed by atoms with Crippen LogP contribution in [0.1, 0.15) is 10.4 Å². The molecule has 0 spiro atoms. The zero-order valence-electron chi connectivity index (χ0n) is 11.2. The quantitative estimate of drug-likeness (QED) is 0.781. The van der Waals surface area contributed by atoms with Crippen LogP contribution in [0.25, 0.3) is 11.1 Å². The van der Waals surface area contributed by atoms with E-state index in [-0.39, 0.29) is 5.56 Å². The Morgan fingerprint density at radius 2 is 2.40 bits per heavy atom. The van der Waals surface area contributed by atoms with Crippen LogP contribution in [0.4, 0.5) is 6.01 Å². The Kier molecular flexibility index (Phi) is 4.37. The molecule has 0 aliphatic rings. The van der Waals surface area contributed by atoms with E-state index in [1.165, 1.54) is 12.1 Å². The summed E-state index contributed by atoms with van der Waals surface area (Å²) < 4.78 is 10.7. The van der Waals surface area contributed by atoms with Gasteiger partial charge in [0.15, 0.2) is 5.58 Å². The summed E-state index contributed by atoms with van der Waals surface area (Å²) >= 11 is 0. The molecule has 20 heavy (non-hydrogen) atoms. The van der Waals surface area contributed by atoms with E-state index < -0.39 is 5.97 Å². The lowest BCUT2D eigenvalue weighted by Crippen LogP contribution is -2.27. The van der Waals surface area contributed by atoms with E-state index >= 15 is 0 Å². The van der Waals surface area contributed by atoms with Gasteiger partial charge >= 0.3 is 5.97 Å². The maximum absolute atomic E-state index is 10.9. The Balaban J connectivity index is 2.32. The number of carboxylic acids is 1. The molecule has 0 unspecified atom stereocenters.